The zero-order valence-corrected chi connectivity index (χ0v) is 10.8. The summed E-state index contributed by atoms with van der Waals surface area (Å²) < 4.78 is 0. The van der Waals surface area contributed by atoms with E-state index < -0.39 is 0 Å². The number of amides is 2. The van der Waals surface area contributed by atoms with E-state index in [9.17, 15) is 9.59 Å². The monoisotopic (exact) mass is 241 g/mol. The molecule has 1 heterocycles. The van der Waals surface area contributed by atoms with Gasteiger partial charge in [0, 0.05) is 26.6 Å². The van der Waals surface area contributed by atoms with Crippen LogP contribution in [0.3, 0.4) is 0 Å². The highest BCUT2D eigenvalue weighted by Gasteiger charge is 2.17. The fourth-order valence-corrected chi connectivity index (χ4v) is 2.13. The largest absolute Gasteiger partial charge is 0.355 e. The van der Waals surface area contributed by atoms with E-state index in [-0.39, 0.29) is 11.8 Å². The molecule has 1 atom stereocenters. The van der Waals surface area contributed by atoms with Crippen LogP contribution in [0.5, 0.6) is 0 Å². The fourth-order valence-electron chi connectivity index (χ4n) is 2.13. The summed E-state index contributed by atoms with van der Waals surface area (Å²) in [5.41, 5.74) is 0. The molecule has 5 nitrogen and oxygen atoms in total. The summed E-state index contributed by atoms with van der Waals surface area (Å²) in [6.07, 6.45) is 2.45. The van der Waals surface area contributed by atoms with Crippen LogP contribution in [0.1, 0.15) is 26.7 Å². The van der Waals surface area contributed by atoms with Gasteiger partial charge >= 0.3 is 0 Å². The van der Waals surface area contributed by atoms with Gasteiger partial charge in [0.25, 0.3) is 0 Å². The predicted octanol–water partition coefficient (Wildman–Crippen LogP) is -0.0294. The van der Waals surface area contributed by atoms with E-state index in [0.29, 0.717) is 25.6 Å². The van der Waals surface area contributed by atoms with Gasteiger partial charge < -0.3 is 10.6 Å². The molecule has 0 spiro atoms. The molecule has 0 aromatic heterocycles. The number of nitrogens with one attached hydrogen (secondary N) is 2. The van der Waals surface area contributed by atoms with Gasteiger partial charge in [-0.05, 0) is 25.3 Å². The van der Waals surface area contributed by atoms with Gasteiger partial charge in [-0.3, -0.25) is 14.5 Å². The van der Waals surface area contributed by atoms with E-state index in [1.165, 1.54) is 19.8 Å². The van der Waals surface area contributed by atoms with Crippen molar-refractivity contribution < 1.29 is 9.59 Å². The summed E-state index contributed by atoms with van der Waals surface area (Å²) in [7, 11) is 0. The van der Waals surface area contributed by atoms with Gasteiger partial charge in [0.15, 0.2) is 0 Å². The lowest BCUT2D eigenvalue weighted by molar-refractivity contribution is -0.123. The molecule has 1 aliphatic heterocycles. The molecule has 1 rings (SSSR count). The first-order valence-corrected chi connectivity index (χ1v) is 6.31. The number of carbonyl (C=O) groups is 2. The Kier molecular flexibility index (Phi) is 5.97. The van der Waals surface area contributed by atoms with E-state index >= 15 is 0 Å². The van der Waals surface area contributed by atoms with Gasteiger partial charge in [-0.25, -0.2) is 0 Å². The molecule has 1 fully saturated rings. The standard InChI is InChI=1S/C12H23N3O2/c1-10-4-3-7-15(8-10)9-12(17)14-6-5-13-11(2)16/h10H,3-9H2,1-2H3,(H,13,16)(H,14,17). The summed E-state index contributed by atoms with van der Waals surface area (Å²) in [5, 5.41) is 5.45. The van der Waals surface area contributed by atoms with E-state index in [4.69, 9.17) is 0 Å². The van der Waals surface area contributed by atoms with Crippen molar-refractivity contribution in [3.8, 4) is 0 Å². The minimum absolute atomic E-state index is 0.0458. The Hall–Kier alpha value is -1.10. The van der Waals surface area contributed by atoms with Crippen LogP contribution < -0.4 is 10.6 Å². The maximum Gasteiger partial charge on any atom is 0.234 e. The van der Waals surface area contributed by atoms with Crippen molar-refractivity contribution >= 4 is 11.8 Å². The fraction of sp³-hybridized carbons (Fsp3) is 0.833. The maximum absolute atomic E-state index is 11.6. The minimum Gasteiger partial charge on any atom is -0.355 e. The molecule has 0 saturated carbocycles. The molecule has 0 aliphatic carbocycles. The van der Waals surface area contributed by atoms with Gasteiger partial charge in [0.1, 0.15) is 0 Å². The van der Waals surface area contributed by atoms with E-state index in [2.05, 4.69) is 22.5 Å². The molecule has 1 aliphatic rings. The Morgan fingerprint density at radius 1 is 1.29 bits per heavy atom. The summed E-state index contributed by atoms with van der Waals surface area (Å²) in [6.45, 7) is 7.20. The Morgan fingerprint density at radius 2 is 2.00 bits per heavy atom. The maximum atomic E-state index is 11.6. The topological polar surface area (TPSA) is 61.4 Å². The molecule has 5 heteroatoms. The summed E-state index contributed by atoms with van der Waals surface area (Å²) in [6, 6.07) is 0. The zero-order chi connectivity index (χ0) is 12.7. The van der Waals surface area contributed by atoms with Crippen LogP contribution in [0.4, 0.5) is 0 Å². The van der Waals surface area contributed by atoms with Crippen molar-refractivity contribution in [2.75, 3.05) is 32.7 Å². The highest BCUT2D eigenvalue weighted by Crippen LogP contribution is 2.14. The first kappa shape index (κ1) is 14.0. The third-order valence-electron chi connectivity index (χ3n) is 2.93. The number of likely N-dealkylation sites (tertiary alicyclic amines) is 1. The molecule has 0 bridgehead atoms. The lowest BCUT2D eigenvalue weighted by atomic mass is 10.0. The number of piperidine rings is 1. The number of carbonyl (C=O) groups excluding carboxylic acids is 2. The minimum atomic E-state index is -0.0656. The van der Waals surface area contributed by atoms with Crippen molar-refractivity contribution in [2.24, 2.45) is 5.92 Å². The number of nitrogens with zero attached hydrogens (tertiary/aromatic N) is 1. The van der Waals surface area contributed by atoms with Gasteiger partial charge in [0.05, 0.1) is 6.54 Å². The van der Waals surface area contributed by atoms with Crippen molar-refractivity contribution in [3.05, 3.63) is 0 Å². The number of rotatable bonds is 5. The SMILES string of the molecule is CC(=O)NCCNC(=O)CN1CCCC(C)C1. The third kappa shape index (κ3) is 6.26. The molecule has 2 N–H and O–H groups in total. The molecule has 2 amide bonds. The second-order valence-electron chi connectivity index (χ2n) is 4.82. The summed E-state index contributed by atoms with van der Waals surface area (Å²) in [5.74, 6) is 0.671. The highest BCUT2D eigenvalue weighted by atomic mass is 16.2. The molecule has 0 aromatic rings. The summed E-state index contributed by atoms with van der Waals surface area (Å²) in [4.78, 5) is 24.4. The van der Waals surface area contributed by atoms with Crippen molar-refractivity contribution in [1.82, 2.24) is 15.5 Å². The van der Waals surface area contributed by atoms with Crippen LogP contribution in [0.15, 0.2) is 0 Å². The quantitative estimate of drug-likeness (QED) is 0.665. The smallest absolute Gasteiger partial charge is 0.234 e. The van der Waals surface area contributed by atoms with E-state index in [1.807, 2.05) is 0 Å². The van der Waals surface area contributed by atoms with E-state index in [1.54, 1.807) is 0 Å². The molecule has 1 unspecified atom stereocenters. The van der Waals surface area contributed by atoms with Crippen molar-refractivity contribution in [1.29, 1.82) is 0 Å². The predicted molar refractivity (Wildman–Crippen MR) is 66.5 cm³/mol. The molecular formula is C12H23N3O2. The van der Waals surface area contributed by atoms with Crippen LogP contribution >= 0.6 is 0 Å². The Morgan fingerprint density at radius 3 is 2.65 bits per heavy atom. The normalized spacial score (nSPS) is 20.9. The molecule has 17 heavy (non-hydrogen) atoms. The molecule has 0 aromatic carbocycles. The lowest BCUT2D eigenvalue weighted by Crippen LogP contribution is -2.43. The van der Waals surface area contributed by atoms with E-state index in [0.717, 1.165) is 13.1 Å². The molecule has 98 valence electrons. The molecule has 1 saturated heterocycles. The highest BCUT2D eigenvalue weighted by molar-refractivity contribution is 5.78. The Labute approximate surface area is 103 Å². The Balaban J connectivity index is 2.09. The summed E-state index contributed by atoms with van der Waals surface area (Å²) >= 11 is 0. The second kappa shape index (κ2) is 7.27. The van der Waals surface area contributed by atoms with Crippen LogP contribution in [0, 0.1) is 5.92 Å². The van der Waals surface area contributed by atoms with Crippen LogP contribution in [-0.4, -0.2) is 49.4 Å². The van der Waals surface area contributed by atoms with Crippen molar-refractivity contribution in [3.63, 3.8) is 0 Å². The van der Waals surface area contributed by atoms with Crippen LogP contribution in [-0.2, 0) is 9.59 Å². The zero-order valence-electron chi connectivity index (χ0n) is 10.8. The molecular weight excluding hydrogens is 218 g/mol. The first-order valence-electron chi connectivity index (χ1n) is 6.31. The molecule has 0 radical (unpaired) electrons. The van der Waals surface area contributed by atoms with Gasteiger partial charge in [-0.2, -0.15) is 0 Å². The third-order valence-corrected chi connectivity index (χ3v) is 2.93. The van der Waals surface area contributed by atoms with Crippen molar-refractivity contribution in [2.45, 2.75) is 26.7 Å². The average molecular weight is 241 g/mol. The second-order valence-corrected chi connectivity index (χ2v) is 4.82. The average Bonchev–Trinajstić information content (AvgIpc) is 2.24. The van der Waals surface area contributed by atoms with Crippen LogP contribution in [0.25, 0.3) is 0 Å². The number of hydrogen-bond acceptors (Lipinski definition) is 3. The number of hydrogen-bond donors (Lipinski definition) is 2. The first-order chi connectivity index (χ1) is 8.08. The van der Waals surface area contributed by atoms with Gasteiger partial charge in [-0.1, -0.05) is 6.92 Å². The van der Waals surface area contributed by atoms with Gasteiger partial charge in [-0.15, -0.1) is 0 Å². The van der Waals surface area contributed by atoms with Crippen LogP contribution in [0.2, 0.25) is 0 Å². The lowest BCUT2D eigenvalue weighted by Gasteiger charge is -2.30. The Bertz CT molecular complexity index is 268. The van der Waals surface area contributed by atoms with Gasteiger partial charge in [0.2, 0.25) is 11.8 Å².